The zero-order chi connectivity index (χ0) is 21.6. The fourth-order valence-corrected chi connectivity index (χ4v) is 3.76. The molecule has 12 nitrogen and oxygen atoms in total. The number of aliphatic hydroxyl groups excluding tert-OH is 3. The lowest BCUT2D eigenvalue weighted by Crippen LogP contribution is -2.35. The van der Waals surface area contributed by atoms with Crippen molar-refractivity contribution in [3.63, 3.8) is 0 Å². The van der Waals surface area contributed by atoms with Gasteiger partial charge < -0.3 is 30.8 Å². The van der Waals surface area contributed by atoms with Gasteiger partial charge in [0.05, 0.1) is 28.3 Å². The third-order valence-corrected chi connectivity index (χ3v) is 5.28. The lowest BCUT2D eigenvalue weighted by molar-refractivity contribution is -0.385. The zero-order valence-electron chi connectivity index (χ0n) is 15.9. The van der Waals surface area contributed by atoms with Crippen molar-refractivity contribution in [1.29, 1.82) is 0 Å². The fourth-order valence-electron chi connectivity index (χ4n) is 3.76. The van der Waals surface area contributed by atoms with E-state index in [1.807, 2.05) is 0 Å². The van der Waals surface area contributed by atoms with E-state index in [-0.39, 0.29) is 29.8 Å². The lowest BCUT2D eigenvalue weighted by Gasteiger charge is -2.20. The van der Waals surface area contributed by atoms with Crippen LogP contribution in [0.1, 0.15) is 12.1 Å². The molecule has 0 bridgehead atoms. The molecule has 6 N–H and O–H groups in total. The third-order valence-electron chi connectivity index (χ3n) is 5.28. The Morgan fingerprint density at radius 2 is 2.10 bits per heavy atom. The van der Waals surface area contributed by atoms with Crippen molar-refractivity contribution in [2.24, 2.45) is 5.92 Å². The molecule has 1 aliphatic rings. The maximum Gasteiger partial charge on any atom is 0.288 e. The quantitative estimate of drug-likeness (QED) is 0.289. The van der Waals surface area contributed by atoms with Crippen molar-refractivity contribution in [1.82, 2.24) is 15.0 Å². The Balaban J connectivity index is 1.75. The van der Waals surface area contributed by atoms with Crippen LogP contribution in [-0.4, -0.2) is 60.1 Å². The van der Waals surface area contributed by atoms with Crippen molar-refractivity contribution < 1.29 is 24.7 Å². The van der Waals surface area contributed by atoms with Crippen molar-refractivity contribution in [2.75, 3.05) is 17.7 Å². The Kier molecular flexibility index (Phi) is 4.97. The van der Waals surface area contributed by atoms with Crippen LogP contribution in [0.25, 0.3) is 22.4 Å². The molecule has 0 saturated heterocycles. The number of furan rings is 1. The molecule has 4 atom stereocenters. The predicted molar refractivity (Wildman–Crippen MR) is 105 cm³/mol. The molecule has 0 amide bonds. The number of pyridine rings is 1. The van der Waals surface area contributed by atoms with Gasteiger partial charge in [-0.2, -0.15) is 4.98 Å². The number of fused-ring (bicyclic) bond motifs is 1. The standard InChI is InChI=1S/C18H20N6O6/c1-7-13(12-4-8-2-10(24(28)29)5-20-17(8)30-12)16(23-18(19)21-7)22-11-3-9(6-25)14(26)15(11)27/h2,4-5,9,11,14-15,25-27H,3,6H2,1H3,(H3,19,21,22,23)/t9-,11-,14-,15+/m1/s1. The molecule has 0 radical (unpaired) electrons. The Hall–Kier alpha value is -3.35. The Labute approximate surface area is 169 Å². The second-order valence-corrected chi connectivity index (χ2v) is 7.26. The predicted octanol–water partition coefficient (Wildman–Crippen LogP) is 0.598. The number of anilines is 2. The first-order valence-electron chi connectivity index (χ1n) is 9.20. The summed E-state index contributed by atoms with van der Waals surface area (Å²) in [5.41, 5.74) is 6.75. The monoisotopic (exact) mass is 416 g/mol. The smallest absolute Gasteiger partial charge is 0.288 e. The number of nitrogens with two attached hydrogens (primary N) is 1. The molecule has 1 fully saturated rings. The van der Waals surface area contributed by atoms with Crippen LogP contribution in [0.4, 0.5) is 17.5 Å². The maximum absolute atomic E-state index is 11.0. The highest BCUT2D eigenvalue weighted by molar-refractivity contribution is 5.85. The van der Waals surface area contributed by atoms with E-state index in [0.29, 0.717) is 28.8 Å². The number of nitrogens with zero attached hydrogens (tertiary/aromatic N) is 4. The Morgan fingerprint density at radius 1 is 1.33 bits per heavy atom. The Bertz CT molecular complexity index is 1120. The minimum absolute atomic E-state index is 0.00429. The molecular formula is C18H20N6O6. The summed E-state index contributed by atoms with van der Waals surface area (Å²) in [6.45, 7) is 1.43. The molecule has 158 valence electrons. The summed E-state index contributed by atoms with van der Waals surface area (Å²) in [6.07, 6.45) is -0.777. The molecular weight excluding hydrogens is 396 g/mol. The van der Waals surface area contributed by atoms with Crippen LogP contribution in [0.15, 0.2) is 22.7 Å². The molecule has 0 aromatic carbocycles. The highest BCUT2D eigenvalue weighted by atomic mass is 16.6. The first-order chi connectivity index (χ1) is 14.3. The van der Waals surface area contributed by atoms with Gasteiger partial charge in [-0.3, -0.25) is 10.1 Å². The van der Waals surface area contributed by atoms with Crippen LogP contribution in [-0.2, 0) is 0 Å². The normalized spacial score (nSPS) is 23.7. The highest BCUT2D eigenvalue weighted by Crippen LogP contribution is 2.36. The third kappa shape index (κ3) is 3.40. The van der Waals surface area contributed by atoms with E-state index in [9.17, 15) is 25.4 Å². The van der Waals surface area contributed by atoms with Crippen LogP contribution in [0.5, 0.6) is 0 Å². The van der Waals surface area contributed by atoms with Gasteiger partial charge >= 0.3 is 0 Å². The van der Waals surface area contributed by atoms with Crippen LogP contribution >= 0.6 is 0 Å². The molecule has 0 spiro atoms. The SMILES string of the molecule is Cc1nc(N)nc(N[C@@H]2C[C@H](CO)[C@@H](O)[C@H]2O)c1-c1cc2cc([N+](=O)[O-])cnc2o1. The summed E-state index contributed by atoms with van der Waals surface area (Å²) in [6, 6.07) is 2.34. The van der Waals surface area contributed by atoms with Gasteiger partial charge in [0.2, 0.25) is 11.7 Å². The zero-order valence-corrected chi connectivity index (χ0v) is 15.9. The number of nitrogens with one attached hydrogen (secondary N) is 1. The number of aryl methyl sites for hydroxylation is 1. The number of nitrogen functional groups attached to an aromatic ring is 1. The Morgan fingerprint density at radius 3 is 2.77 bits per heavy atom. The van der Waals surface area contributed by atoms with Gasteiger partial charge in [0, 0.05) is 24.0 Å². The van der Waals surface area contributed by atoms with Crippen molar-refractivity contribution in [2.45, 2.75) is 31.6 Å². The van der Waals surface area contributed by atoms with E-state index >= 15 is 0 Å². The minimum atomic E-state index is -1.12. The van der Waals surface area contributed by atoms with Gasteiger partial charge in [0.1, 0.15) is 23.9 Å². The van der Waals surface area contributed by atoms with E-state index in [1.54, 1.807) is 13.0 Å². The number of rotatable bonds is 5. The second kappa shape index (κ2) is 7.48. The van der Waals surface area contributed by atoms with E-state index in [4.69, 9.17) is 10.2 Å². The molecule has 1 aliphatic carbocycles. The number of hydrogen-bond acceptors (Lipinski definition) is 11. The van der Waals surface area contributed by atoms with Crippen molar-refractivity contribution in [3.8, 4) is 11.3 Å². The molecule has 1 saturated carbocycles. The maximum atomic E-state index is 11.0. The summed E-state index contributed by atoms with van der Waals surface area (Å²) in [5.74, 6) is 0.0979. The average Bonchev–Trinajstić information content (AvgIpc) is 3.22. The molecule has 0 aliphatic heterocycles. The largest absolute Gasteiger partial charge is 0.438 e. The lowest BCUT2D eigenvalue weighted by atomic mass is 10.1. The number of nitro groups is 1. The summed E-state index contributed by atoms with van der Waals surface area (Å²) in [7, 11) is 0. The van der Waals surface area contributed by atoms with Gasteiger partial charge in [0.15, 0.2) is 0 Å². The summed E-state index contributed by atoms with van der Waals surface area (Å²) >= 11 is 0. The van der Waals surface area contributed by atoms with Crippen LogP contribution in [0.2, 0.25) is 0 Å². The van der Waals surface area contributed by atoms with Crippen molar-refractivity contribution in [3.05, 3.63) is 34.1 Å². The topological polar surface area (TPSA) is 194 Å². The molecule has 3 aromatic rings. The van der Waals surface area contributed by atoms with E-state index in [2.05, 4.69) is 20.3 Å². The molecule has 0 unspecified atom stereocenters. The molecule has 30 heavy (non-hydrogen) atoms. The number of hydrogen-bond donors (Lipinski definition) is 5. The molecule has 4 rings (SSSR count). The second-order valence-electron chi connectivity index (χ2n) is 7.26. The molecule has 3 heterocycles. The van der Waals surface area contributed by atoms with Crippen LogP contribution in [0.3, 0.4) is 0 Å². The minimum Gasteiger partial charge on any atom is -0.438 e. The number of aromatic nitrogens is 3. The van der Waals surface area contributed by atoms with E-state index in [1.165, 1.54) is 6.07 Å². The summed E-state index contributed by atoms with van der Waals surface area (Å²) < 4.78 is 5.76. The van der Waals surface area contributed by atoms with Crippen LogP contribution < -0.4 is 11.1 Å². The fraction of sp³-hybridized carbons (Fsp3) is 0.389. The van der Waals surface area contributed by atoms with Gasteiger partial charge in [-0.25, -0.2) is 9.97 Å². The van der Waals surface area contributed by atoms with Gasteiger partial charge in [-0.15, -0.1) is 0 Å². The van der Waals surface area contributed by atoms with E-state index < -0.39 is 29.1 Å². The van der Waals surface area contributed by atoms with Gasteiger partial charge in [-0.1, -0.05) is 0 Å². The summed E-state index contributed by atoms with van der Waals surface area (Å²) in [5, 5.41) is 44.3. The average molecular weight is 416 g/mol. The first kappa shape index (κ1) is 19.9. The van der Waals surface area contributed by atoms with Crippen molar-refractivity contribution >= 4 is 28.6 Å². The van der Waals surface area contributed by atoms with Crippen LogP contribution in [0, 0.1) is 23.0 Å². The van der Waals surface area contributed by atoms with Gasteiger partial charge in [-0.05, 0) is 19.4 Å². The summed E-state index contributed by atoms with van der Waals surface area (Å²) in [4.78, 5) is 22.8. The van der Waals surface area contributed by atoms with Gasteiger partial charge in [0.25, 0.3) is 5.69 Å². The highest BCUT2D eigenvalue weighted by Gasteiger charge is 2.41. The van der Waals surface area contributed by atoms with E-state index in [0.717, 1.165) is 6.20 Å². The first-order valence-corrected chi connectivity index (χ1v) is 9.20. The molecule has 3 aromatic heterocycles. The molecule has 12 heteroatoms. The number of aliphatic hydroxyl groups is 3.